The van der Waals surface area contributed by atoms with Gasteiger partial charge < -0.3 is 15.0 Å². The number of hydrogen-bond acceptors (Lipinski definition) is 6. The molecule has 6 heteroatoms. The van der Waals surface area contributed by atoms with Crippen molar-refractivity contribution in [3.8, 4) is 11.5 Å². The molecule has 0 aliphatic heterocycles. The molecule has 2 aromatic rings. The monoisotopic (exact) mass is 293 g/mol. The van der Waals surface area contributed by atoms with E-state index >= 15 is 0 Å². The number of benzene rings is 1. The molecule has 0 saturated carbocycles. The van der Waals surface area contributed by atoms with Crippen LogP contribution in [0, 0.1) is 0 Å². The lowest BCUT2D eigenvalue weighted by atomic mass is 10.1. The first-order valence-corrected chi connectivity index (χ1v) is 7.64. The van der Waals surface area contributed by atoms with Crippen molar-refractivity contribution >= 4 is 11.8 Å². The molecular weight excluding hydrogens is 274 g/mol. The summed E-state index contributed by atoms with van der Waals surface area (Å²) < 4.78 is 10.6. The number of ether oxygens (including phenoxy) is 1. The molecule has 1 unspecified atom stereocenters. The summed E-state index contributed by atoms with van der Waals surface area (Å²) in [5.41, 5.74) is 6.28. The Kier molecular flexibility index (Phi) is 4.80. The molecule has 0 saturated heterocycles. The molecule has 0 aliphatic carbocycles. The van der Waals surface area contributed by atoms with Crippen LogP contribution in [0.4, 0.5) is 0 Å². The molecule has 0 amide bonds. The fourth-order valence-corrected chi connectivity index (χ4v) is 2.09. The third kappa shape index (κ3) is 3.39. The average Bonchev–Trinajstić information content (AvgIpc) is 2.96. The maximum Gasteiger partial charge on any atom is 0.257 e. The Bertz CT molecular complexity index is 552. The van der Waals surface area contributed by atoms with Crippen molar-refractivity contribution in [2.45, 2.75) is 24.3 Å². The molecule has 1 aromatic carbocycles. The van der Waals surface area contributed by atoms with Crippen LogP contribution < -0.4 is 5.73 Å². The molecule has 1 aromatic heterocycles. The van der Waals surface area contributed by atoms with Crippen molar-refractivity contribution in [2.24, 2.45) is 5.73 Å². The molecule has 2 N–H and O–H groups in total. The highest BCUT2D eigenvalue weighted by molar-refractivity contribution is 7.98. The Hall–Kier alpha value is -1.37. The molecule has 0 radical (unpaired) electrons. The molecule has 20 heavy (non-hydrogen) atoms. The van der Waals surface area contributed by atoms with Crippen LogP contribution in [0.25, 0.3) is 11.5 Å². The minimum absolute atomic E-state index is 0.355. The maximum absolute atomic E-state index is 6.15. The Balaban J connectivity index is 2.19. The van der Waals surface area contributed by atoms with Crippen LogP contribution in [0.5, 0.6) is 0 Å². The predicted molar refractivity (Wildman–Crippen MR) is 79.5 cm³/mol. The van der Waals surface area contributed by atoms with E-state index in [2.05, 4.69) is 10.1 Å². The fraction of sp³-hybridized carbons (Fsp3) is 0.429. The third-order valence-electron chi connectivity index (χ3n) is 2.88. The average molecular weight is 293 g/mol. The SMILES string of the molecule is CCOCC(C)(N)c1noc(-c2ccc(SC)cc2)n1. The first kappa shape index (κ1) is 15.0. The van der Waals surface area contributed by atoms with Crippen LogP contribution in [-0.2, 0) is 10.3 Å². The number of hydrogen-bond donors (Lipinski definition) is 1. The molecular formula is C14H19N3O2S. The van der Waals surface area contributed by atoms with E-state index in [0.29, 0.717) is 24.9 Å². The minimum Gasteiger partial charge on any atom is -0.379 e. The van der Waals surface area contributed by atoms with Crippen LogP contribution in [0.1, 0.15) is 19.7 Å². The zero-order valence-electron chi connectivity index (χ0n) is 11.9. The van der Waals surface area contributed by atoms with E-state index in [0.717, 1.165) is 5.56 Å². The lowest BCUT2D eigenvalue weighted by Crippen LogP contribution is -2.39. The van der Waals surface area contributed by atoms with Gasteiger partial charge in [0.15, 0.2) is 5.82 Å². The number of rotatable bonds is 6. The second kappa shape index (κ2) is 6.39. The van der Waals surface area contributed by atoms with Crippen molar-refractivity contribution in [3.05, 3.63) is 30.1 Å². The summed E-state index contributed by atoms with van der Waals surface area (Å²) in [6, 6.07) is 7.95. The molecule has 0 bridgehead atoms. The normalized spacial score (nSPS) is 14.2. The summed E-state index contributed by atoms with van der Waals surface area (Å²) in [4.78, 5) is 5.56. The van der Waals surface area contributed by atoms with Gasteiger partial charge >= 0.3 is 0 Å². The summed E-state index contributed by atoms with van der Waals surface area (Å²) in [7, 11) is 0. The molecule has 2 rings (SSSR count). The van der Waals surface area contributed by atoms with Gasteiger partial charge in [0.25, 0.3) is 5.89 Å². The Morgan fingerprint density at radius 3 is 2.65 bits per heavy atom. The number of thioether (sulfide) groups is 1. The molecule has 0 aliphatic rings. The van der Waals surface area contributed by atoms with Gasteiger partial charge in [-0.1, -0.05) is 5.16 Å². The molecule has 0 fully saturated rings. The Morgan fingerprint density at radius 1 is 1.35 bits per heavy atom. The van der Waals surface area contributed by atoms with E-state index in [1.165, 1.54) is 4.90 Å². The van der Waals surface area contributed by atoms with Crippen LogP contribution in [0.2, 0.25) is 0 Å². The van der Waals surface area contributed by atoms with Crippen LogP contribution >= 0.6 is 11.8 Å². The van der Waals surface area contributed by atoms with Gasteiger partial charge in [-0.2, -0.15) is 4.98 Å². The standard InChI is InChI=1S/C14H19N3O2S/c1-4-18-9-14(2,15)13-16-12(19-17-13)10-5-7-11(20-3)8-6-10/h5-8H,4,9,15H2,1-3H3. The van der Waals surface area contributed by atoms with E-state index in [4.69, 9.17) is 15.0 Å². The summed E-state index contributed by atoms with van der Waals surface area (Å²) in [5.74, 6) is 0.927. The summed E-state index contributed by atoms with van der Waals surface area (Å²) in [5, 5.41) is 3.96. The third-order valence-corrected chi connectivity index (χ3v) is 3.62. The van der Waals surface area contributed by atoms with E-state index < -0.39 is 5.54 Å². The fourth-order valence-electron chi connectivity index (χ4n) is 1.68. The summed E-state index contributed by atoms with van der Waals surface area (Å²) in [6.45, 7) is 4.71. The van der Waals surface area contributed by atoms with Gasteiger partial charge in [0, 0.05) is 17.1 Å². The van der Waals surface area contributed by atoms with Crippen LogP contribution in [0.15, 0.2) is 33.7 Å². The van der Waals surface area contributed by atoms with Crippen LogP contribution in [0.3, 0.4) is 0 Å². The van der Waals surface area contributed by atoms with Crippen molar-refractivity contribution in [3.63, 3.8) is 0 Å². The van der Waals surface area contributed by atoms with E-state index in [-0.39, 0.29) is 0 Å². The van der Waals surface area contributed by atoms with E-state index in [1.807, 2.05) is 44.4 Å². The van der Waals surface area contributed by atoms with Gasteiger partial charge in [0.05, 0.1) is 6.61 Å². The lowest BCUT2D eigenvalue weighted by Gasteiger charge is -2.19. The van der Waals surface area contributed by atoms with Gasteiger partial charge in [0.1, 0.15) is 5.54 Å². The Morgan fingerprint density at radius 2 is 2.05 bits per heavy atom. The minimum atomic E-state index is -0.753. The van der Waals surface area contributed by atoms with Crippen molar-refractivity contribution in [2.75, 3.05) is 19.5 Å². The Labute approximate surface area is 122 Å². The van der Waals surface area contributed by atoms with Crippen molar-refractivity contribution in [1.29, 1.82) is 0 Å². The summed E-state index contributed by atoms with van der Waals surface area (Å²) >= 11 is 1.69. The second-order valence-electron chi connectivity index (χ2n) is 4.71. The zero-order chi connectivity index (χ0) is 14.6. The van der Waals surface area contributed by atoms with Gasteiger partial charge in [-0.05, 0) is 44.4 Å². The maximum atomic E-state index is 6.15. The molecule has 1 heterocycles. The van der Waals surface area contributed by atoms with Gasteiger partial charge in [-0.15, -0.1) is 11.8 Å². The highest BCUT2D eigenvalue weighted by Gasteiger charge is 2.28. The topological polar surface area (TPSA) is 74.2 Å². The van der Waals surface area contributed by atoms with E-state index in [9.17, 15) is 0 Å². The second-order valence-corrected chi connectivity index (χ2v) is 5.59. The first-order chi connectivity index (χ1) is 9.56. The summed E-state index contributed by atoms with van der Waals surface area (Å²) in [6.07, 6.45) is 2.04. The first-order valence-electron chi connectivity index (χ1n) is 6.42. The zero-order valence-corrected chi connectivity index (χ0v) is 12.7. The highest BCUT2D eigenvalue weighted by Crippen LogP contribution is 2.24. The van der Waals surface area contributed by atoms with Gasteiger partial charge in [-0.3, -0.25) is 0 Å². The number of aromatic nitrogens is 2. The highest BCUT2D eigenvalue weighted by atomic mass is 32.2. The molecule has 5 nitrogen and oxygen atoms in total. The van der Waals surface area contributed by atoms with Gasteiger partial charge in [0.2, 0.25) is 0 Å². The predicted octanol–water partition coefficient (Wildman–Crippen LogP) is 2.67. The molecule has 0 spiro atoms. The molecule has 108 valence electrons. The van der Waals surface area contributed by atoms with Crippen molar-refractivity contribution in [1.82, 2.24) is 10.1 Å². The quantitative estimate of drug-likeness (QED) is 0.825. The molecule has 1 atom stereocenters. The number of nitrogens with zero attached hydrogens (tertiary/aromatic N) is 2. The van der Waals surface area contributed by atoms with Crippen LogP contribution in [-0.4, -0.2) is 29.6 Å². The van der Waals surface area contributed by atoms with Gasteiger partial charge in [-0.25, -0.2) is 0 Å². The largest absolute Gasteiger partial charge is 0.379 e. The smallest absolute Gasteiger partial charge is 0.257 e. The lowest BCUT2D eigenvalue weighted by molar-refractivity contribution is 0.0962. The number of nitrogens with two attached hydrogens (primary N) is 1. The van der Waals surface area contributed by atoms with E-state index in [1.54, 1.807) is 11.8 Å². The van der Waals surface area contributed by atoms with Crippen molar-refractivity contribution < 1.29 is 9.26 Å².